The molecular formula is C13H14BrF2NO2. The number of likely N-dealkylation sites (tertiary alicyclic amines) is 1. The van der Waals surface area contributed by atoms with Crippen molar-refractivity contribution in [2.45, 2.75) is 19.6 Å². The van der Waals surface area contributed by atoms with Crippen LogP contribution in [0.4, 0.5) is 8.78 Å². The lowest BCUT2D eigenvalue weighted by molar-refractivity contribution is -0.128. The van der Waals surface area contributed by atoms with Crippen molar-refractivity contribution in [3.63, 3.8) is 0 Å². The summed E-state index contributed by atoms with van der Waals surface area (Å²) in [5.41, 5.74) is 0.908. The second-order valence-corrected chi connectivity index (χ2v) is 5.17. The molecular weight excluding hydrogens is 320 g/mol. The van der Waals surface area contributed by atoms with Crippen LogP contribution in [0.3, 0.4) is 0 Å². The van der Waals surface area contributed by atoms with Crippen LogP contribution >= 0.6 is 15.9 Å². The summed E-state index contributed by atoms with van der Waals surface area (Å²) in [7, 11) is 0. The molecule has 0 aromatic heterocycles. The van der Waals surface area contributed by atoms with E-state index in [1.165, 1.54) is 12.1 Å². The van der Waals surface area contributed by atoms with Gasteiger partial charge in [-0.3, -0.25) is 4.79 Å². The molecule has 0 spiro atoms. The Morgan fingerprint density at radius 1 is 1.37 bits per heavy atom. The maximum Gasteiger partial charge on any atom is 0.387 e. The number of alkyl halides is 3. The lowest BCUT2D eigenvalue weighted by Crippen LogP contribution is -2.24. The van der Waals surface area contributed by atoms with Crippen molar-refractivity contribution in [3.05, 3.63) is 29.8 Å². The molecule has 0 bridgehead atoms. The molecule has 0 saturated carbocycles. The minimum absolute atomic E-state index is 0.129. The van der Waals surface area contributed by atoms with Crippen molar-refractivity contribution < 1.29 is 18.3 Å². The molecule has 1 fully saturated rings. The van der Waals surface area contributed by atoms with E-state index in [4.69, 9.17) is 0 Å². The second kappa shape index (κ2) is 6.32. The van der Waals surface area contributed by atoms with E-state index in [1.807, 2.05) is 0 Å². The molecule has 1 unspecified atom stereocenters. The zero-order valence-corrected chi connectivity index (χ0v) is 11.8. The highest BCUT2D eigenvalue weighted by molar-refractivity contribution is 9.09. The lowest BCUT2D eigenvalue weighted by Gasteiger charge is -2.16. The number of nitrogens with zero attached hydrogens (tertiary/aromatic N) is 1. The highest BCUT2D eigenvalue weighted by Gasteiger charge is 2.28. The minimum Gasteiger partial charge on any atom is -0.435 e. The first-order chi connectivity index (χ1) is 9.08. The van der Waals surface area contributed by atoms with Gasteiger partial charge in [-0.1, -0.05) is 28.1 Å². The molecule has 0 N–H and O–H groups in total. The van der Waals surface area contributed by atoms with Crippen molar-refractivity contribution in [1.29, 1.82) is 0 Å². The summed E-state index contributed by atoms with van der Waals surface area (Å²) in [6, 6.07) is 6.38. The number of carbonyl (C=O) groups is 1. The van der Waals surface area contributed by atoms with Crippen molar-refractivity contribution in [1.82, 2.24) is 4.90 Å². The molecule has 1 aromatic rings. The maximum atomic E-state index is 12.0. The van der Waals surface area contributed by atoms with Crippen molar-refractivity contribution in [2.24, 2.45) is 5.92 Å². The Hall–Kier alpha value is -1.17. The van der Waals surface area contributed by atoms with Gasteiger partial charge in [0.05, 0.1) is 0 Å². The number of hydrogen-bond donors (Lipinski definition) is 0. The van der Waals surface area contributed by atoms with E-state index in [-0.39, 0.29) is 11.7 Å². The normalized spacial score (nSPS) is 19.3. The fourth-order valence-electron chi connectivity index (χ4n) is 2.11. The van der Waals surface area contributed by atoms with Gasteiger partial charge in [0.25, 0.3) is 0 Å². The van der Waals surface area contributed by atoms with Gasteiger partial charge in [0, 0.05) is 24.8 Å². The molecule has 0 aliphatic carbocycles. The third kappa shape index (κ3) is 3.89. The number of hydrogen-bond acceptors (Lipinski definition) is 2. The molecule has 1 saturated heterocycles. The Morgan fingerprint density at radius 3 is 2.58 bits per heavy atom. The fraction of sp³-hybridized carbons (Fsp3) is 0.462. The minimum atomic E-state index is -2.81. The van der Waals surface area contributed by atoms with Gasteiger partial charge in [0.1, 0.15) is 5.75 Å². The largest absolute Gasteiger partial charge is 0.435 e. The topological polar surface area (TPSA) is 29.5 Å². The molecule has 1 amide bonds. The molecule has 1 aliphatic rings. The van der Waals surface area contributed by atoms with Crippen LogP contribution in [0, 0.1) is 5.92 Å². The summed E-state index contributed by atoms with van der Waals surface area (Å²) >= 11 is 3.38. The summed E-state index contributed by atoms with van der Waals surface area (Å²) in [6.45, 7) is -1.57. The van der Waals surface area contributed by atoms with Crippen molar-refractivity contribution in [2.75, 3.05) is 11.9 Å². The Kier molecular flexibility index (Phi) is 4.74. The number of benzene rings is 1. The van der Waals surface area contributed by atoms with E-state index in [0.717, 1.165) is 17.4 Å². The van der Waals surface area contributed by atoms with Gasteiger partial charge in [-0.05, 0) is 23.6 Å². The lowest BCUT2D eigenvalue weighted by atomic mass is 10.2. The van der Waals surface area contributed by atoms with E-state index < -0.39 is 6.61 Å². The van der Waals surface area contributed by atoms with Crippen LogP contribution in [-0.4, -0.2) is 29.3 Å². The van der Waals surface area contributed by atoms with E-state index in [2.05, 4.69) is 20.7 Å². The SMILES string of the molecule is O=C1CC(CBr)CN1Cc1ccc(OC(F)F)cc1. The van der Waals surface area contributed by atoms with Crippen LogP contribution in [0.25, 0.3) is 0 Å². The second-order valence-electron chi connectivity index (χ2n) is 4.52. The molecule has 3 nitrogen and oxygen atoms in total. The highest BCUT2D eigenvalue weighted by atomic mass is 79.9. The number of ether oxygens (including phenoxy) is 1. The fourth-order valence-corrected chi connectivity index (χ4v) is 2.54. The quantitative estimate of drug-likeness (QED) is 0.775. The van der Waals surface area contributed by atoms with Crippen molar-refractivity contribution in [3.8, 4) is 5.75 Å². The first-order valence-corrected chi connectivity index (χ1v) is 7.08. The molecule has 1 aromatic carbocycles. The Bertz CT molecular complexity index is 439. The summed E-state index contributed by atoms with van der Waals surface area (Å²) in [4.78, 5) is 13.5. The average molecular weight is 334 g/mol. The molecule has 0 radical (unpaired) electrons. The monoisotopic (exact) mass is 333 g/mol. The molecule has 1 heterocycles. The first kappa shape index (κ1) is 14.2. The summed E-state index contributed by atoms with van der Waals surface area (Å²) in [5, 5.41) is 0.816. The van der Waals surface area contributed by atoms with E-state index in [0.29, 0.717) is 18.9 Å². The summed E-state index contributed by atoms with van der Waals surface area (Å²) < 4.78 is 28.3. The number of rotatable bonds is 5. The van der Waals surface area contributed by atoms with E-state index >= 15 is 0 Å². The van der Waals surface area contributed by atoms with Gasteiger partial charge in [0.15, 0.2) is 0 Å². The van der Waals surface area contributed by atoms with Gasteiger partial charge in [0.2, 0.25) is 5.91 Å². The molecule has 1 aliphatic heterocycles. The number of amides is 1. The van der Waals surface area contributed by atoms with Crippen LogP contribution in [0.1, 0.15) is 12.0 Å². The number of carbonyl (C=O) groups excluding carboxylic acids is 1. The van der Waals surface area contributed by atoms with Crippen LogP contribution in [0.2, 0.25) is 0 Å². The molecule has 104 valence electrons. The van der Waals surface area contributed by atoms with Crippen molar-refractivity contribution >= 4 is 21.8 Å². The van der Waals surface area contributed by atoms with Crippen LogP contribution in [-0.2, 0) is 11.3 Å². The zero-order chi connectivity index (χ0) is 13.8. The molecule has 2 rings (SSSR count). The van der Waals surface area contributed by atoms with Gasteiger partial charge in [-0.2, -0.15) is 8.78 Å². The third-order valence-corrected chi connectivity index (χ3v) is 3.95. The zero-order valence-electron chi connectivity index (χ0n) is 10.2. The van der Waals surface area contributed by atoms with Gasteiger partial charge in [-0.15, -0.1) is 0 Å². The predicted octanol–water partition coefficient (Wildman–Crippen LogP) is 3.03. The van der Waals surface area contributed by atoms with Gasteiger partial charge < -0.3 is 9.64 Å². The molecule has 19 heavy (non-hydrogen) atoms. The predicted molar refractivity (Wildman–Crippen MR) is 70.4 cm³/mol. The Balaban J connectivity index is 1.94. The van der Waals surface area contributed by atoms with Gasteiger partial charge in [-0.25, -0.2) is 0 Å². The molecule has 6 heteroatoms. The Morgan fingerprint density at radius 2 is 2.05 bits per heavy atom. The Labute approximate surface area is 118 Å². The highest BCUT2D eigenvalue weighted by Crippen LogP contribution is 2.22. The third-order valence-electron chi connectivity index (χ3n) is 3.03. The number of halogens is 3. The summed E-state index contributed by atoms with van der Waals surface area (Å²) in [5.74, 6) is 0.621. The van der Waals surface area contributed by atoms with Gasteiger partial charge >= 0.3 is 6.61 Å². The summed E-state index contributed by atoms with van der Waals surface area (Å²) in [6.07, 6.45) is 0.567. The van der Waals surface area contributed by atoms with Crippen LogP contribution in [0.15, 0.2) is 24.3 Å². The maximum absolute atomic E-state index is 12.0. The van der Waals surface area contributed by atoms with Crippen LogP contribution in [0.5, 0.6) is 5.75 Å². The standard InChI is InChI=1S/C13H14BrF2NO2/c14-6-10-5-12(18)17(8-10)7-9-1-3-11(4-2-9)19-13(15)16/h1-4,10,13H,5-8H2. The van der Waals surface area contributed by atoms with E-state index in [9.17, 15) is 13.6 Å². The average Bonchev–Trinajstić information content (AvgIpc) is 2.72. The molecule has 1 atom stereocenters. The smallest absolute Gasteiger partial charge is 0.387 e. The van der Waals surface area contributed by atoms with Crippen LogP contribution < -0.4 is 4.74 Å². The van der Waals surface area contributed by atoms with E-state index in [1.54, 1.807) is 17.0 Å². The first-order valence-electron chi connectivity index (χ1n) is 5.96.